The molecule has 0 spiro atoms. The van der Waals surface area contributed by atoms with Crippen molar-refractivity contribution < 1.29 is 52.3 Å². The molecule has 0 unspecified atom stereocenters. The van der Waals surface area contributed by atoms with Crippen molar-refractivity contribution in [3.05, 3.63) is 45.9 Å². The van der Waals surface area contributed by atoms with Gasteiger partial charge >= 0.3 is 23.9 Å². The largest absolute Gasteiger partial charge is 0.488 e. The molecular weight excluding hydrogens is 826 g/mol. The Balaban J connectivity index is 2.01. The summed E-state index contributed by atoms with van der Waals surface area (Å²) in [5.41, 5.74) is -1.18. The van der Waals surface area contributed by atoms with Crippen LogP contribution in [0.25, 0.3) is 0 Å². The number of benzene rings is 2. The van der Waals surface area contributed by atoms with Gasteiger partial charge in [0.25, 0.3) is 0 Å². The summed E-state index contributed by atoms with van der Waals surface area (Å²) in [5, 5.41) is 0. The lowest BCUT2D eigenvalue weighted by molar-refractivity contribution is -0.156. The maximum absolute atomic E-state index is 13.3. The number of nitrogens with zero attached hydrogens (tertiary/aromatic N) is 3. The van der Waals surface area contributed by atoms with Gasteiger partial charge in [0.15, 0.2) is 0 Å². The fourth-order valence-corrected chi connectivity index (χ4v) is 6.16. The first-order valence-electron chi connectivity index (χ1n) is 19.7. The molecule has 0 aliphatic carbocycles. The first kappa shape index (κ1) is 48.8. The molecule has 59 heavy (non-hydrogen) atoms. The highest BCUT2D eigenvalue weighted by Gasteiger charge is 2.32. The summed E-state index contributed by atoms with van der Waals surface area (Å²) < 4.78 is 41.8. The Morgan fingerprint density at radius 1 is 0.644 bits per heavy atom. The standard InChI is InChI=1S/C44H64BrN3O11/c1-28-16-17-31(47(23-35(49)56-40(2,3)4)24-36(50)57-41(5,6)7)33(20-28)53-18-19-54-34-22-30(45)29(39-46-44(14,15)27-55-39)21-32(34)48(25-37(51)58-42(8,9)10)26-38(52)59-43(11,12)13/h16-17,20-22H,18-19,23-27H2,1-15H3. The molecule has 0 radical (unpaired) electrons. The molecule has 15 heteroatoms. The number of anilines is 2. The summed E-state index contributed by atoms with van der Waals surface area (Å²) in [6.45, 7) is 26.3. The fourth-order valence-electron chi connectivity index (χ4n) is 5.67. The number of esters is 4. The van der Waals surface area contributed by atoms with Crippen LogP contribution in [0.5, 0.6) is 11.5 Å². The smallest absolute Gasteiger partial charge is 0.326 e. The highest BCUT2D eigenvalue weighted by atomic mass is 79.9. The third-order valence-corrected chi connectivity index (χ3v) is 8.26. The first-order chi connectivity index (χ1) is 26.9. The lowest BCUT2D eigenvalue weighted by Crippen LogP contribution is -2.40. The predicted octanol–water partition coefficient (Wildman–Crippen LogP) is 7.75. The van der Waals surface area contributed by atoms with Crippen molar-refractivity contribution in [1.29, 1.82) is 0 Å². The Morgan fingerprint density at radius 2 is 1.03 bits per heavy atom. The van der Waals surface area contributed by atoms with E-state index >= 15 is 0 Å². The molecule has 0 saturated carbocycles. The zero-order valence-electron chi connectivity index (χ0n) is 37.5. The van der Waals surface area contributed by atoms with Crippen LogP contribution in [-0.2, 0) is 42.9 Å². The minimum absolute atomic E-state index is 0.00148. The monoisotopic (exact) mass is 889 g/mol. The minimum Gasteiger partial charge on any atom is -0.488 e. The molecule has 1 aliphatic heterocycles. The maximum Gasteiger partial charge on any atom is 0.326 e. The number of aryl methyl sites for hydroxylation is 1. The second-order valence-electron chi connectivity index (χ2n) is 19.0. The van der Waals surface area contributed by atoms with Gasteiger partial charge in [-0.3, -0.25) is 19.2 Å². The van der Waals surface area contributed by atoms with Gasteiger partial charge in [-0.2, -0.15) is 0 Å². The van der Waals surface area contributed by atoms with E-state index in [1.165, 1.54) is 0 Å². The molecule has 0 bridgehead atoms. The molecule has 0 amide bonds. The Morgan fingerprint density at radius 3 is 1.41 bits per heavy atom. The van der Waals surface area contributed by atoms with Crippen LogP contribution < -0.4 is 19.3 Å². The summed E-state index contributed by atoms with van der Waals surface area (Å²) >= 11 is 3.66. The maximum atomic E-state index is 13.3. The van der Waals surface area contributed by atoms with Crippen LogP contribution in [0.1, 0.15) is 108 Å². The molecule has 1 aliphatic rings. The van der Waals surface area contributed by atoms with Crippen molar-refractivity contribution >= 4 is 57.1 Å². The lowest BCUT2D eigenvalue weighted by atomic mass is 10.1. The molecule has 0 atom stereocenters. The van der Waals surface area contributed by atoms with Gasteiger partial charge in [-0.05, 0) is 150 Å². The van der Waals surface area contributed by atoms with Gasteiger partial charge in [0, 0.05) is 4.47 Å². The molecule has 2 aromatic rings. The average Bonchev–Trinajstić information content (AvgIpc) is 3.38. The van der Waals surface area contributed by atoms with Crippen LogP contribution in [0.3, 0.4) is 0 Å². The van der Waals surface area contributed by atoms with Crippen LogP contribution in [0.15, 0.2) is 39.8 Å². The Hall–Kier alpha value is -4.53. The van der Waals surface area contributed by atoms with Crippen molar-refractivity contribution in [3.63, 3.8) is 0 Å². The molecule has 0 fully saturated rings. The number of carbonyl (C=O) groups excluding carboxylic acids is 4. The average molecular weight is 891 g/mol. The normalized spacial score (nSPS) is 14.1. The first-order valence-corrected chi connectivity index (χ1v) is 20.5. The van der Waals surface area contributed by atoms with Crippen LogP contribution in [0.4, 0.5) is 11.4 Å². The van der Waals surface area contributed by atoms with E-state index in [0.29, 0.717) is 45.4 Å². The van der Waals surface area contributed by atoms with Gasteiger partial charge in [0.1, 0.15) is 79.9 Å². The molecule has 328 valence electrons. The summed E-state index contributed by atoms with van der Waals surface area (Å²) in [6, 6.07) is 8.90. The van der Waals surface area contributed by atoms with E-state index in [-0.39, 0.29) is 39.4 Å². The van der Waals surface area contributed by atoms with Crippen LogP contribution in [0.2, 0.25) is 0 Å². The molecule has 1 heterocycles. The lowest BCUT2D eigenvalue weighted by Gasteiger charge is -2.29. The highest BCUT2D eigenvalue weighted by Crippen LogP contribution is 2.37. The van der Waals surface area contributed by atoms with Crippen molar-refractivity contribution in [2.24, 2.45) is 4.99 Å². The van der Waals surface area contributed by atoms with E-state index in [4.69, 9.17) is 38.2 Å². The van der Waals surface area contributed by atoms with Gasteiger partial charge in [0.05, 0.1) is 22.5 Å². The topological polar surface area (TPSA) is 152 Å². The molecular formula is C44H64BrN3O11. The number of hydrogen-bond donors (Lipinski definition) is 0. The summed E-state index contributed by atoms with van der Waals surface area (Å²) in [5.74, 6) is -1.09. The van der Waals surface area contributed by atoms with Gasteiger partial charge in [-0.15, -0.1) is 0 Å². The zero-order chi connectivity index (χ0) is 44.7. The highest BCUT2D eigenvalue weighted by molar-refractivity contribution is 9.10. The third kappa shape index (κ3) is 17.3. The molecule has 0 saturated heterocycles. The van der Waals surface area contributed by atoms with Crippen molar-refractivity contribution in [3.8, 4) is 11.5 Å². The Kier molecular flexibility index (Phi) is 15.9. The Labute approximate surface area is 358 Å². The van der Waals surface area contributed by atoms with E-state index < -0.39 is 51.8 Å². The van der Waals surface area contributed by atoms with E-state index in [1.807, 2.05) is 26.8 Å². The van der Waals surface area contributed by atoms with E-state index in [2.05, 4.69) is 15.9 Å². The number of rotatable bonds is 16. The number of ether oxygens (including phenoxy) is 7. The number of carbonyl (C=O) groups is 4. The van der Waals surface area contributed by atoms with E-state index in [0.717, 1.165) is 5.56 Å². The second kappa shape index (κ2) is 19.2. The molecule has 14 nitrogen and oxygen atoms in total. The summed E-state index contributed by atoms with van der Waals surface area (Å²) in [6.07, 6.45) is 0. The zero-order valence-corrected chi connectivity index (χ0v) is 39.1. The predicted molar refractivity (Wildman–Crippen MR) is 231 cm³/mol. The SMILES string of the molecule is Cc1ccc(N(CC(=O)OC(C)(C)C)CC(=O)OC(C)(C)C)c(OCCOc2cc(Br)c(C3=NC(C)(C)CO3)cc2N(CC(=O)OC(C)(C)C)CC(=O)OC(C)(C)C)c1. The van der Waals surface area contributed by atoms with Crippen LogP contribution in [-0.4, -0.2) is 104 Å². The van der Waals surface area contributed by atoms with Crippen molar-refractivity contribution in [2.45, 2.75) is 132 Å². The minimum atomic E-state index is -0.780. The third-order valence-electron chi connectivity index (χ3n) is 7.60. The molecule has 3 rings (SSSR count). The quantitative estimate of drug-likeness (QED) is 0.0919. The number of halogens is 1. The molecule has 0 aromatic heterocycles. The van der Waals surface area contributed by atoms with Crippen molar-refractivity contribution in [2.75, 3.05) is 55.8 Å². The molecule has 0 N–H and O–H groups in total. The second-order valence-corrected chi connectivity index (χ2v) is 19.9. The van der Waals surface area contributed by atoms with Crippen LogP contribution in [0, 0.1) is 6.92 Å². The molecule has 2 aromatic carbocycles. The Bertz CT molecular complexity index is 1800. The van der Waals surface area contributed by atoms with Crippen molar-refractivity contribution in [1.82, 2.24) is 0 Å². The van der Waals surface area contributed by atoms with E-state index in [9.17, 15) is 19.2 Å². The van der Waals surface area contributed by atoms with Gasteiger partial charge in [0.2, 0.25) is 5.90 Å². The summed E-state index contributed by atoms with van der Waals surface area (Å²) in [7, 11) is 0. The van der Waals surface area contributed by atoms with Gasteiger partial charge in [-0.25, -0.2) is 4.99 Å². The van der Waals surface area contributed by atoms with Gasteiger partial charge < -0.3 is 43.0 Å². The summed E-state index contributed by atoms with van der Waals surface area (Å²) in [4.78, 5) is 60.6. The fraction of sp³-hybridized carbons (Fsp3) is 0.614. The van der Waals surface area contributed by atoms with Crippen LogP contribution >= 0.6 is 15.9 Å². The number of aliphatic imine (C=N–C) groups is 1. The van der Waals surface area contributed by atoms with E-state index in [1.54, 1.807) is 117 Å². The van der Waals surface area contributed by atoms with Gasteiger partial charge in [-0.1, -0.05) is 6.07 Å². The number of hydrogen-bond acceptors (Lipinski definition) is 14.